The molecule has 0 spiro atoms. The number of para-hydroxylation sites is 4. The molecular formula is C45H29N3O. The van der Waals surface area contributed by atoms with Crippen molar-refractivity contribution < 1.29 is 4.42 Å². The highest BCUT2D eigenvalue weighted by Gasteiger charge is 2.22. The van der Waals surface area contributed by atoms with E-state index in [1.165, 1.54) is 27.4 Å². The minimum atomic E-state index is 0.778. The lowest BCUT2D eigenvalue weighted by Gasteiger charge is -2.26. The summed E-state index contributed by atoms with van der Waals surface area (Å²) in [6, 6.07) is 62.0. The van der Waals surface area contributed by atoms with Crippen molar-refractivity contribution in [1.29, 1.82) is 0 Å². The molecule has 0 aliphatic heterocycles. The Morgan fingerprint density at radius 2 is 1.16 bits per heavy atom. The molecule has 0 bridgehead atoms. The van der Waals surface area contributed by atoms with Gasteiger partial charge in [0.25, 0.3) is 0 Å². The molecule has 7 aromatic carbocycles. The quantitative estimate of drug-likeness (QED) is 0.190. The summed E-state index contributed by atoms with van der Waals surface area (Å²) in [7, 11) is 0. The molecule has 0 atom stereocenters. The number of pyridine rings is 1. The maximum atomic E-state index is 6.73. The first-order valence-electron chi connectivity index (χ1n) is 16.6. The smallest absolute Gasteiger partial charge is 0.161 e. The van der Waals surface area contributed by atoms with Gasteiger partial charge in [-0.15, -0.1) is 0 Å². The van der Waals surface area contributed by atoms with Crippen molar-refractivity contribution in [2.75, 3.05) is 4.90 Å². The average Bonchev–Trinajstić information content (AvgIpc) is 3.70. The predicted molar refractivity (Wildman–Crippen MR) is 203 cm³/mol. The van der Waals surface area contributed by atoms with Crippen molar-refractivity contribution >= 4 is 71.8 Å². The molecule has 49 heavy (non-hydrogen) atoms. The van der Waals surface area contributed by atoms with Crippen molar-refractivity contribution in [1.82, 2.24) is 9.55 Å². The lowest BCUT2D eigenvalue weighted by atomic mass is 10.0. The fourth-order valence-corrected chi connectivity index (χ4v) is 7.29. The molecule has 3 heterocycles. The van der Waals surface area contributed by atoms with Crippen LogP contribution in [0.3, 0.4) is 0 Å². The van der Waals surface area contributed by atoms with Crippen LogP contribution < -0.4 is 4.90 Å². The van der Waals surface area contributed by atoms with Gasteiger partial charge in [-0.1, -0.05) is 109 Å². The van der Waals surface area contributed by atoms with Crippen LogP contribution in [0, 0.1) is 0 Å². The normalized spacial score (nSPS) is 11.7. The fourth-order valence-electron chi connectivity index (χ4n) is 7.29. The standard InChI is InChI=1S/C45H29N3O/c1-3-12-30(13-4-1)31-22-24-34(25-23-31)47(41-21-11-18-38-44-43(49-45(38)41)28-32-14-7-9-19-39(32)46-44)35-26-27-37-36-17-8-10-20-40(36)48(42(37)29-35)33-15-5-2-6-16-33/h1-29H. The van der Waals surface area contributed by atoms with E-state index in [0.717, 1.165) is 61.2 Å². The van der Waals surface area contributed by atoms with Gasteiger partial charge in [-0.05, 0) is 77.9 Å². The second-order valence-electron chi connectivity index (χ2n) is 12.4. The number of anilines is 3. The summed E-state index contributed by atoms with van der Waals surface area (Å²) in [6.45, 7) is 0. The Morgan fingerprint density at radius 3 is 2.02 bits per heavy atom. The summed E-state index contributed by atoms with van der Waals surface area (Å²) in [4.78, 5) is 7.36. The summed E-state index contributed by atoms with van der Waals surface area (Å²) in [5.41, 5.74) is 12.2. The predicted octanol–water partition coefficient (Wildman–Crippen LogP) is 12.4. The molecule has 0 fully saturated rings. The van der Waals surface area contributed by atoms with Gasteiger partial charge >= 0.3 is 0 Å². The van der Waals surface area contributed by atoms with E-state index < -0.39 is 0 Å². The second kappa shape index (κ2) is 11.0. The SMILES string of the molecule is c1ccc(-c2ccc(N(c3ccc4c5ccccc5n(-c5ccccc5)c4c3)c3cccc4c3oc3cc5ccccc5nc34)cc2)cc1. The van der Waals surface area contributed by atoms with E-state index in [1.807, 2.05) is 12.1 Å². The van der Waals surface area contributed by atoms with Crippen LogP contribution in [0.4, 0.5) is 17.1 Å². The van der Waals surface area contributed by atoms with Gasteiger partial charge in [-0.2, -0.15) is 0 Å². The minimum absolute atomic E-state index is 0.778. The third kappa shape index (κ3) is 4.42. The van der Waals surface area contributed by atoms with Gasteiger partial charge in [0.05, 0.1) is 22.2 Å². The van der Waals surface area contributed by atoms with Crippen LogP contribution in [0.25, 0.3) is 71.6 Å². The van der Waals surface area contributed by atoms with E-state index in [1.54, 1.807) is 0 Å². The lowest BCUT2D eigenvalue weighted by Crippen LogP contribution is -2.10. The topological polar surface area (TPSA) is 34.2 Å². The largest absolute Gasteiger partial charge is 0.452 e. The van der Waals surface area contributed by atoms with E-state index in [-0.39, 0.29) is 0 Å². The molecule has 10 rings (SSSR count). The number of hydrogen-bond donors (Lipinski definition) is 0. The Kier molecular flexibility index (Phi) is 6.15. The number of hydrogen-bond acceptors (Lipinski definition) is 3. The van der Waals surface area contributed by atoms with Gasteiger partial charge in [0.1, 0.15) is 5.52 Å². The summed E-state index contributed by atoms with van der Waals surface area (Å²) in [5, 5.41) is 4.48. The number of aromatic nitrogens is 2. The third-order valence-electron chi connectivity index (χ3n) is 9.55. The molecule has 0 aliphatic rings. The van der Waals surface area contributed by atoms with E-state index in [4.69, 9.17) is 9.40 Å². The van der Waals surface area contributed by atoms with Crippen molar-refractivity contribution in [3.8, 4) is 16.8 Å². The van der Waals surface area contributed by atoms with Crippen LogP contribution in [0.5, 0.6) is 0 Å². The zero-order valence-electron chi connectivity index (χ0n) is 26.5. The van der Waals surface area contributed by atoms with Gasteiger partial charge in [-0.25, -0.2) is 4.98 Å². The maximum absolute atomic E-state index is 6.73. The zero-order valence-corrected chi connectivity index (χ0v) is 26.5. The summed E-state index contributed by atoms with van der Waals surface area (Å²) in [5.74, 6) is 0. The van der Waals surface area contributed by atoms with E-state index in [2.05, 4.69) is 173 Å². The molecule has 10 aromatic rings. The summed E-state index contributed by atoms with van der Waals surface area (Å²) < 4.78 is 9.09. The van der Waals surface area contributed by atoms with Gasteiger partial charge in [0.2, 0.25) is 0 Å². The van der Waals surface area contributed by atoms with Gasteiger partial charge in [0, 0.05) is 38.6 Å². The van der Waals surface area contributed by atoms with Crippen molar-refractivity contribution in [3.05, 3.63) is 176 Å². The van der Waals surface area contributed by atoms with Gasteiger partial charge in [0.15, 0.2) is 11.2 Å². The first-order valence-corrected chi connectivity index (χ1v) is 16.6. The number of furan rings is 1. The monoisotopic (exact) mass is 627 g/mol. The van der Waals surface area contributed by atoms with Crippen molar-refractivity contribution in [2.24, 2.45) is 0 Å². The molecule has 230 valence electrons. The summed E-state index contributed by atoms with van der Waals surface area (Å²) >= 11 is 0. The number of benzene rings is 7. The van der Waals surface area contributed by atoms with Crippen LogP contribution in [0.1, 0.15) is 0 Å². The van der Waals surface area contributed by atoms with Crippen molar-refractivity contribution in [2.45, 2.75) is 0 Å². The summed E-state index contributed by atoms with van der Waals surface area (Å²) in [6.07, 6.45) is 0. The molecule has 0 radical (unpaired) electrons. The first kappa shape index (κ1) is 27.5. The molecule has 0 saturated carbocycles. The van der Waals surface area contributed by atoms with Gasteiger partial charge < -0.3 is 13.9 Å². The van der Waals surface area contributed by atoms with E-state index in [0.29, 0.717) is 0 Å². The Bertz CT molecular complexity index is 2820. The molecule has 0 unspecified atom stereocenters. The molecule has 0 N–H and O–H groups in total. The highest BCUT2D eigenvalue weighted by Crippen LogP contribution is 2.44. The Morgan fingerprint density at radius 1 is 0.490 bits per heavy atom. The van der Waals surface area contributed by atoms with Crippen LogP contribution in [0.2, 0.25) is 0 Å². The molecule has 0 amide bonds. The van der Waals surface area contributed by atoms with Crippen LogP contribution in [-0.2, 0) is 0 Å². The Balaban J connectivity index is 1.23. The Labute approximate surface area is 282 Å². The molecular weight excluding hydrogens is 599 g/mol. The molecule has 0 aliphatic carbocycles. The zero-order chi connectivity index (χ0) is 32.3. The molecule has 0 saturated heterocycles. The fraction of sp³-hybridized carbons (Fsp3) is 0. The van der Waals surface area contributed by atoms with E-state index in [9.17, 15) is 0 Å². The first-order chi connectivity index (χ1) is 24.3. The van der Waals surface area contributed by atoms with Crippen molar-refractivity contribution in [3.63, 3.8) is 0 Å². The number of rotatable bonds is 5. The van der Waals surface area contributed by atoms with Crippen LogP contribution in [-0.4, -0.2) is 9.55 Å². The molecule has 4 heteroatoms. The highest BCUT2D eigenvalue weighted by molar-refractivity contribution is 6.13. The van der Waals surface area contributed by atoms with E-state index >= 15 is 0 Å². The third-order valence-corrected chi connectivity index (χ3v) is 9.55. The average molecular weight is 628 g/mol. The minimum Gasteiger partial charge on any atom is -0.452 e. The highest BCUT2D eigenvalue weighted by atomic mass is 16.3. The maximum Gasteiger partial charge on any atom is 0.161 e. The molecule has 3 aromatic heterocycles. The Hall–Kier alpha value is -6.65. The van der Waals surface area contributed by atoms with Crippen LogP contribution in [0.15, 0.2) is 180 Å². The number of nitrogens with zero attached hydrogens (tertiary/aromatic N) is 3. The number of fused-ring (bicyclic) bond motifs is 7. The lowest BCUT2D eigenvalue weighted by molar-refractivity contribution is 0.669. The second-order valence-corrected chi connectivity index (χ2v) is 12.4. The van der Waals surface area contributed by atoms with Crippen LogP contribution >= 0.6 is 0 Å². The molecule has 4 nitrogen and oxygen atoms in total. The van der Waals surface area contributed by atoms with Gasteiger partial charge in [-0.3, -0.25) is 0 Å².